The molecular weight excluding hydrogens is 330 g/mol. The van der Waals surface area contributed by atoms with Crippen LogP contribution in [0.15, 0.2) is 65.1 Å². The molecule has 0 aliphatic heterocycles. The van der Waals surface area contributed by atoms with Crippen LogP contribution in [0.5, 0.6) is 0 Å². The van der Waals surface area contributed by atoms with Crippen molar-refractivity contribution in [3.05, 3.63) is 71.2 Å². The van der Waals surface area contributed by atoms with Gasteiger partial charge in [-0.3, -0.25) is 0 Å². The second-order valence-electron chi connectivity index (χ2n) is 7.39. The van der Waals surface area contributed by atoms with E-state index in [4.69, 9.17) is 16.0 Å². The van der Waals surface area contributed by atoms with Crippen LogP contribution in [0.3, 0.4) is 0 Å². The molecule has 0 aliphatic rings. The first-order chi connectivity index (χ1) is 11.9. The summed E-state index contributed by atoms with van der Waals surface area (Å²) in [5.41, 5.74) is 5.04. The third kappa shape index (κ3) is 2.98. The molecule has 3 heteroatoms. The average molecular weight is 350 g/mol. The zero-order valence-corrected chi connectivity index (χ0v) is 15.3. The summed E-state index contributed by atoms with van der Waals surface area (Å²) in [4.78, 5) is 0. The molecule has 1 aromatic heterocycles. The Morgan fingerprint density at radius 2 is 1.56 bits per heavy atom. The molecule has 0 saturated heterocycles. The fourth-order valence-electron chi connectivity index (χ4n) is 3.08. The highest BCUT2D eigenvalue weighted by atomic mass is 35.5. The minimum Gasteiger partial charge on any atom is -0.454 e. The molecule has 0 spiro atoms. The predicted octanol–water partition coefficient (Wildman–Crippen LogP) is 7.28. The van der Waals surface area contributed by atoms with Gasteiger partial charge in [0.05, 0.1) is 5.02 Å². The molecule has 4 aromatic rings. The minimum absolute atomic E-state index is 0.149. The van der Waals surface area contributed by atoms with E-state index in [0.29, 0.717) is 5.02 Å². The van der Waals surface area contributed by atoms with Crippen molar-refractivity contribution in [2.75, 3.05) is 5.32 Å². The first-order valence-corrected chi connectivity index (χ1v) is 8.78. The Hall–Kier alpha value is -2.45. The summed E-state index contributed by atoms with van der Waals surface area (Å²) in [7, 11) is 0. The largest absolute Gasteiger partial charge is 0.454 e. The first-order valence-electron chi connectivity index (χ1n) is 8.40. The minimum atomic E-state index is 0.149. The third-order valence-corrected chi connectivity index (χ3v) is 4.75. The number of anilines is 2. The van der Waals surface area contributed by atoms with Crippen molar-refractivity contribution in [2.45, 2.75) is 26.2 Å². The second-order valence-corrected chi connectivity index (χ2v) is 7.79. The monoisotopic (exact) mass is 349 g/mol. The van der Waals surface area contributed by atoms with Gasteiger partial charge < -0.3 is 9.73 Å². The van der Waals surface area contributed by atoms with Crippen LogP contribution in [0.25, 0.3) is 21.9 Å². The lowest BCUT2D eigenvalue weighted by Gasteiger charge is -2.19. The van der Waals surface area contributed by atoms with E-state index < -0.39 is 0 Å². The van der Waals surface area contributed by atoms with E-state index >= 15 is 0 Å². The van der Waals surface area contributed by atoms with E-state index in [1.807, 2.05) is 24.3 Å². The van der Waals surface area contributed by atoms with E-state index in [0.717, 1.165) is 33.3 Å². The maximum Gasteiger partial charge on any atom is 0.154 e. The number of hydrogen-bond donors (Lipinski definition) is 1. The zero-order valence-electron chi connectivity index (χ0n) is 14.6. The summed E-state index contributed by atoms with van der Waals surface area (Å²) in [5.74, 6) is 0. The van der Waals surface area contributed by atoms with Crippen LogP contribution in [0, 0.1) is 0 Å². The van der Waals surface area contributed by atoms with Gasteiger partial charge in [-0.2, -0.15) is 0 Å². The van der Waals surface area contributed by atoms with Gasteiger partial charge in [0.25, 0.3) is 0 Å². The molecule has 126 valence electrons. The molecule has 0 bridgehead atoms. The maximum absolute atomic E-state index is 6.45. The maximum atomic E-state index is 6.45. The number of benzene rings is 3. The normalized spacial score (nSPS) is 12.0. The summed E-state index contributed by atoms with van der Waals surface area (Å²) in [5, 5.41) is 6.16. The number of para-hydroxylation sites is 1. The number of halogens is 1. The molecule has 3 aromatic carbocycles. The summed E-state index contributed by atoms with van der Waals surface area (Å²) in [6, 6.07) is 20.5. The van der Waals surface area contributed by atoms with E-state index in [-0.39, 0.29) is 5.41 Å². The summed E-state index contributed by atoms with van der Waals surface area (Å²) in [6.07, 6.45) is 0. The molecule has 0 saturated carbocycles. The van der Waals surface area contributed by atoms with Gasteiger partial charge in [0.15, 0.2) is 5.58 Å². The standard InChI is InChI=1S/C22H20ClNO/c1-22(2,3)14-8-10-15(11-9-14)24-16-12-18-17-6-4-5-7-20(17)25-21(18)19(23)13-16/h4-13,24H,1-3H3. The lowest BCUT2D eigenvalue weighted by Crippen LogP contribution is -2.10. The Morgan fingerprint density at radius 3 is 2.28 bits per heavy atom. The Bertz CT molecular complexity index is 1060. The molecule has 0 aliphatic carbocycles. The van der Waals surface area contributed by atoms with Crippen LogP contribution in [-0.4, -0.2) is 0 Å². The highest BCUT2D eigenvalue weighted by molar-refractivity contribution is 6.36. The molecule has 0 amide bonds. The Labute approximate surface area is 152 Å². The molecule has 0 radical (unpaired) electrons. The van der Waals surface area contributed by atoms with Crippen molar-refractivity contribution in [3.63, 3.8) is 0 Å². The lowest BCUT2D eigenvalue weighted by molar-refractivity contribution is 0.590. The quantitative estimate of drug-likeness (QED) is 0.411. The summed E-state index contributed by atoms with van der Waals surface area (Å²) >= 11 is 6.45. The van der Waals surface area contributed by atoms with E-state index in [1.54, 1.807) is 0 Å². The Kier molecular flexibility index (Phi) is 3.73. The molecule has 2 nitrogen and oxygen atoms in total. The lowest BCUT2D eigenvalue weighted by atomic mass is 9.87. The van der Waals surface area contributed by atoms with Crippen LogP contribution >= 0.6 is 11.6 Å². The van der Waals surface area contributed by atoms with Gasteiger partial charge in [-0.25, -0.2) is 0 Å². The zero-order chi connectivity index (χ0) is 17.6. The van der Waals surface area contributed by atoms with Crippen LogP contribution in [0.1, 0.15) is 26.3 Å². The van der Waals surface area contributed by atoms with Gasteiger partial charge in [-0.05, 0) is 41.3 Å². The van der Waals surface area contributed by atoms with Crippen molar-refractivity contribution in [2.24, 2.45) is 0 Å². The van der Waals surface area contributed by atoms with Crippen molar-refractivity contribution < 1.29 is 4.42 Å². The summed E-state index contributed by atoms with van der Waals surface area (Å²) < 4.78 is 5.88. The van der Waals surface area contributed by atoms with Gasteiger partial charge in [0, 0.05) is 22.1 Å². The topological polar surface area (TPSA) is 25.2 Å². The van der Waals surface area contributed by atoms with Crippen molar-refractivity contribution in [3.8, 4) is 0 Å². The van der Waals surface area contributed by atoms with E-state index in [2.05, 4.69) is 62.5 Å². The Morgan fingerprint density at radius 1 is 0.840 bits per heavy atom. The van der Waals surface area contributed by atoms with Gasteiger partial charge in [-0.15, -0.1) is 0 Å². The third-order valence-electron chi connectivity index (χ3n) is 4.47. The summed E-state index contributed by atoms with van der Waals surface area (Å²) in [6.45, 7) is 6.65. The van der Waals surface area contributed by atoms with Crippen LogP contribution in [0.2, 0.25) is 5.02 Å². The van der Waals surface area contributed by atoms with E-state index in [1.165, 1.54) is 5.56 Å². The molecule has 25 heavy (non-hydrogen) atoms. The molecule has 0 atom stereocenters. The average Bonchev–Trinajstić information content (AvgIpc) is 2.94. The smallest absolute Gasteiger partial charge is 0.154 e. The van der Waals surface area contributed by atoms with Crippen molar-refractivity contribution in [1.29, 1.82) is 0 Å². The molecule has 1 N–H and O–H groups in total. The number of nitrogens with one attached hydrogen (secondary N) is 1. The Balaban J connectivity index is 1.73. The SMILES string of the molecule is CC(C)(C)c1ccc(Nc2cc(Cl)c3oc4ccccc4c3c2)cc1. The van der Waals surface area contributed by atoms with Gasteiger partial charge in [0.2, 0.25) is 0 Å². The number of furan rings is 1. The second kappa shape index (κ2) is 5.82. The van der Waals surface area contributed by atoms with Gasteiger partial charge >= 0.3 is 0 Å². The van der Waals surface area contributed by atoms with Crippen molar-refractivity contribution in [1.82, 2.24) is 0 Å². The number of hydrogen-bond acceptors (Lipinski definition) is 2. The first kappa shape index (κ1) is 16.0. The molecule has 0 fully saturated rings. The fraction of sp³-hybridized carbons (Fsp3) is 0.182. The number of fused-ring (bicyclic) bond motifs is 3. The van der Waals surface area contributed by atoms with Crippen molar-refractivity contribution >= 4 is 44.9 Å². The van der Waals surface area contributed by atoms with Gasteiger partial charge in [0.1, 0.15) is 5.58 Å². The van der Waals surface area contributed by atoms with Crippen LogP contribution in [-0.2, 0) is 5.41 Å². The van der Waals surface area contributed by atoms with Crippen LogP contribution in [0.4, 0.5) is 11.4 Å². The molecule has 1 heterocycles. The van der Waals surface area contributed by atoms with E-state index in [9.17, 15) is 0 Å². The molecule has 0 unspecified atom stereocenters. The fourth-order valence-corrected chi connectivity index (χ4v) is 3.34. The predicted molar refractivity (Wildman–Crippen MR) is 107 cm³/mol. The van der Waals surface area contributed by atoms with Gasteiger partial charge in [-0.1, -0.05) is 62.7 Å². The highest BCUT2D eigenvalue weighted by Crippen LogP contribution is 2.36. The molecular formula is C22H20ClNO. The van der Waals surface area contributed by atoms with Crippen LogP contribution < -0.4 is 5.32 Å². The molecule has 4 rings (SSSR count). The highest BCUT2D eigenvalue weighted by Gasteiger charge is 2.14. The number of rotatable bonds is 2.